The summed E-state index contributed by atoms with van der Waals surface area (Å²) in [6.45, 7) is 1.02. The molecule has 1 fully saturated rings. The van der Waals surface area contributed by atoms with Crippen molar-refractivity contribution in [2.24, 2.45) is 0 Å². The molecule has 1 N–H and O–H groups in total. The number of morpholine rings is 1. The molecule has 0 radical (unpaired) electrons. The van der Waals surface area contributed by atoms with Gasteiger partial charge in [-0.1, -0.05) is 0 Å². The minimum Gasteiger partial charge on any atom is -0.497 e. The number of rotatable bonds is 6. The highest BCUT2D eigenvalue weighted by Crippen LogP contribution is 2.37. The zero-order chi connectivity index (χ0) is 22.7. The predicted molar refractivity (Wildman–Crippen MR) is 121 cm³/mol. The Labute approximate surface area is 190 Å². The van der Waals surface area contributed by atoms with Crippen LogP contribution in [0.2, 0.25) is 0 Å². The maximum atomic E-state index is 13.0. The summed E-state index contributed by atoms with van der Waals surface area (Å²) in [5.74, 6) is 0.198. The van der Waals surface area contributed by atoms with Gasteiger partial charge >= 0.3 is 0 Å². The molecule has 0 saturated carbocycles. The highest BCUT2D eigenvalue weighted by molar-refractivity contribution is 8.00. The number of hydrogen-bond donors (Lipinski definition) is 1. The zero-order valence-electron chi connectivity index (χ0n) is 17.4. The minimum atomic E-state index is -3.73. The number of benzene rings is 2. The Bertz CT molecular complexity index is 1110. The molecular weight excluding hydrogens is 454 g/mol. The highest BCUT2D eigenvalue weighted by Gasteiger charge is 2.31. The average molecular weight is 478 g/mol. The van der Waals surface area contributed by atoms with Gasteiger partial charge in [0.1, 0.15) is 12.3 Å². The van der Waals surface area contributed by atoms with Crippen molar-refractivity contribution in [3.05, 3.63) is 42.5 Å². The second-order valence-corrected chi connectivity index (χ2v) is 10.1. The van der Waals surface area contributed by atoms with E-state index in [0.29, 0.717) is 30.3 Å². The van der Waals surface area contributed by atoms with E-state index in [2.05, 4.69) is 5.32 Å². The molecule has 0 aliphatic carbocycles. The lowest BCUT2D eigenvalue weighted by molar-refractivity contribution is -0.120. The summed E-state index contributed by atoms with van der Waals surface area (Å²) < 4.78 is 37.8. The molecule has 11 heteroatoms. The summed E-state index contributed by atoms with van der Waals surface area (Å²) in [6.07, 6.45) is 0. The molecule has 2 aliphatic rings. The van der Waals surface area contributed by atoms with Gasteiger partial charge in [-0.25, -0.2) is 8.42 Å². The Morgan fingerprint density at radius 1 is 1.16 bits per heavy atom. The van der Waals surface area contributed by atoms with E-state index in [-0.39, 0.29) is 42.1 Å². The van der Waals surface area contributed by atoms with Crippen LogP contribution in [0.15, 0.2) is 52.3 Å². The standard InChI is InChI=1S/C21H23N3O6S2/c1-29-16-4-2-15(3-5-16)22-20(25)13-24-18-12-17(6-7-19(18)31-14-21(24)26)32(27,28)23-8-10-30-11-9-23/h2-7,12H,8-11,13-14H2,1H3,(H,22,25). The van der Waals surface area contributed by atoms with E-state index in [1.54, 1.807) is 43.5 Å². The minimum absolute atomic E-state index is 0.0917. The fraction of sp³-hybridized carbons (Fsp3) is 0.333. The fourth-order valence-electron chi connectivity index (χ4n) is 3.47. The van der Waals surface area contributed by atoms with Crippen LogP contribution in [0, 0.1) is 0 Å². The Kier molecular flexibility index (Phi) is 6.70. The summed E-state index contributed by atoms with van der Waals surface area (Å²) in [6, 6.07) is 11.5. The quantitative estimate of drug-likeness (QED) is 0.676. The number of methoxy groups -OCH3 is 1. The van der Waals surface area contributed by atoms with Gasteiger partial charge in [-0.3, -0.25) is 9.59 Å². The van der Waals surface area contributed by atoms with Crippen LogP contribution in [0.1, 0.15) is 0 Å². The largest absolute Gasteiger partial charge is 0.497 e. The molecule has 2 aliphatic heterocycles. The number of hydrogen-bond acceptors (Lipinski definition) is 7. The maximum Gasteiger partial charge on any atom is 0.244 e. The topological polar surface area (TPSA) is 105 Å². The molecule has 2 aromatic carbocycles. The van der Waals surface area contributed by atoms with Crippen molar-refractivity contribution in [1.82, 2.24) is 4.31 Å². The van der Waals surface area contributed by atoms with Crippen LogP contribution < -0.4 is 15.0 Å². The van der Waals surface area contributed by atoms with Gasteiger partial charge in [-0.05, 0) is 42.5 Å². The number of carbonyl (C=O) groups excluding carboxylic acids is 2. The summed E-state index contributed by atoms with van der Waals surface area (Å²) >= 11 is 1.33. The van der Waals surface area contributed by atoms with Gasteiger partial charge in [0.15, 0.2) is 0 Å². The van der Waals surface area contributed by atoms with Gasteiger partial charge in [0, 0.05) is 23.7 Å². The van der Waals surface area contributed by atoms with Gasteiger partial charge in [0.2, 0.25) is 21.8 Å². The van der Waals surface area contributed by atoms with Crippen LogP contribution in [-0.2, 0) is 24.3 Å². The third-order valence-electron chi connectivity index (χ3n) is 5.16. The monoisotopic (exact) mass is 477 g/mol. The number of anilines is 2. The molecule has 1 saturated heterocycles. The molecule has 0 spiro atoms. The summed E-state index contributed by atoms with van der Waals surface area (Å²) in [5, 5.41) is 2.75. The number of fused-ring (bicyclic) bond motifs is 1. The third kappa shape index (κ3) is 4.75. The van der Waals surface area contributed by atoms with Crippen molar-refractivity contribution in [2.45, 2.75) is 9.79 Å². The molecule has 0 aromatic heterocycles. The molecule has 9 nitrogen and oxygen atoms in total. The molecule has 2 amide bonds. The van der Waals surface area contributed by atoms with Gasteiger partial charge in [-0.15, -0.1) is 11.8 Å². The van der Waals surface area contributed by atoms with Gasteiger partial charge < -0.3 is 19.7 Å². The molecule has 32 heavy (non-hydrogen) atoms. The first-order valence-electron chi connectivity index (χ1n) is 9.97. The van der Waals surface area contributed by atoms with Gasteiger partial charge in [-0.2, -0.15) is 4.31 Å². The van der Waals surface area contributed by atoms with E-state index < -0.39 is 10.0 Å². The highest BCUT2D eigenvalue weighted by atomic mass is 32.2. The number of amides is 2. The van der Waals surface area contributed by atoms with Crippen molar-refractivity contribution in [3.8, 4) is 5.75 Å². The first-order valence-corrected chi connectivity index (χ1v) is 12.4. The van der Waals surface area contributed by atoms with Crippen LogP contribution in [0.3, 0.4) is 0 Å². The van der Waals surface area contributed by atoms with E-state index in [1.807, 2.05) is 0 Å². The van der Waals surface area contributed by atoms with Crippen molar-refractivity contribution >= 4 is 45.0 Å². The maximum absolute atomic E-state index is 13.0. The fourth-order valence-corrected chi connectivity index (χ4v) is 5.81. The smallest absolute Gasteiger partial charge is 0.244 e. The van der Waals surface area contributed by atoms with E-state index in [9.17, 15) is 18.0 Å². The van der Waals surface area contributed by atoms with Crippen LogP contribution in [0.4, 0.5) is 11.4 Å². The van der Waals surface area contributed by atoms with Gasteiger partial charge in [0.25, 0.3) is 0 Å². The first kappa shape index (κ1) is 22.6. The Morgan fingerprint density at radius 2 is 1.88 bits per heavy atom. The lowest BCUT2D eigenvalue weighted by atomic mass is 10.2. The predicted octanol–water partition coefficient (Wildman–Crippen LogP) is 1.79. The van der Waals surface area contributed by atoms with E-state index in [4.69, 9.17) is 9.47 Å². The molecule has 2 heterocycles. The van der Waals surface area contributed by atoms with E-state index in [1.165, 1.54) is 27.0 Å². The van der Waals surface area contributed by atoms with Crippen LogP contribution >= 0.6 is 11.8 Å². The van der Waals surface area contributed by atoms with E-state index >= 15 is 0 Å². The molecule has 2 aromatic rings. The van der Waals surface area contributed by atoms with Crippen LogP contribution in [-0.4, -0.2) is 70.2 Å². The number of nitrogens with zero attached hydrogens (tertiary/aromatic N) is 2. The Balaban J connectivity index is 1.55. The van der Waals surface area contributed by atoms with Crippen molar-refractivity contribution in [2.75, 3.05) is 55.9 Å². The van der Waals surface area contributed by atoms with Crippen LogP contribution in [0.25, 0.3) is 0 Å². The number of sulfonamides is 1. The normalized spacial score (nSPS) is 17.0. The average Bonchev–Trinajstić information content (AvgIpc) is 2.81. The lowest BCUT2D eigenvalue weighted by Crippen LogP contribution is -2.42. The number of ether oxygens (including phenoxy) is 2. The number of carbonyl (C=O) groups is 2. The molecule has 0 unspecified atom stereocenters. The molecule has 170 valence electrons. The second kappa shape index (κ2) is 9.49. The third-order valence-corrected chi connectivity index (χ3v) is 8.10. The summed E-state index contributed by atoms with van der Waals surface area (Å²) in [5.41, 5.74) is 0.990. The molecule has 0 bridgehead atoms. The lowest BCUT2D eigenvalue weighted by Gasteiger charge is -2.30. The Hall–Kier alpha value is -2.60. The molecule has 4 rings (SSSR count). The Morgan fingerprint density at radius 3 is 2.56 bits per heavy atom. The van der Waals surface area contributed by atoms with Crippen molar-refractivity contribution in [3.63, 3.8) is 0 Å². The van der Waals surface area contributed by atoms with Gasteiger partial charge in [0.05, 0.1) is 36.7 Å². The van der Waals surface area contributed by atoms with Crippen molar-refractivity contribution < 1.29 is 27.5 Å². The number of nitrogens with one attached hydrogen (secondary N) is 1. The van der Waals surface area contributed by atoms with E-state index in [0.717, 1.165) is 4.90 Å². The molecule has 0 atom stereocenters. The number of thioether (sulfide) groups is 1. The SMILES string of the molecule is COc1ccc(NC(=O)CN2C(=O)CSc3ccc(S(=O)(=O)N4CCOCC4)cc32)cc1. The zero-order valence-corrected chi connectivity index (χ0v) is 19.1. The molecular formula is C21H23N3O6S2. The summed E-state index contributed by atoms with van der Waals surface area (Å²) in [7, 11) is -2.17. The first-order chi connectivity index (χ1) is 15.4. The van der Waals surface area contributed by atoms with Crippen molar-refractivity contribution in [1.29, 1.82) is 0 Å². The summed E-state index contributed by atoms with van der Waals surface area (Å²) in [4.78, 5) is 27.4. The second-order valence-electron chi connectivity index (χ2n) is 7.19. The van der Waals surface area contributed by atoms with Crippen LogP contribution in [0.5, 0.6) is 5.75 Å².